The van der Waals surface area contributed by atoms with Gasteiger partial charge in [0.25, 0.3) is 5.91 Å². The van der Waals surface area contributed by atoms with Crippen molar-refractivity contribution in [1.82, 2.24) is 19.9 Å². The molecule has 0 unspecified atom stereocenters. The number of aromatic nitrogens is 3. The molecule has 22 heavy (non-hydrogen) atoms. The fourth-order valence-electron chi connectivity index (χ4n) is 3.11. The molecule has 0 bridgehead atoms. The fraction of sp³-hybridized carbons (Fsp3) is 0.235. The van der Waals surface area contributed by atoms with Crippen molar-refractivity contribution in [2.45, 2.75) is 25.3 Å². The van der Waals surface area contributed by atoms with E-state index in [-0.39, 0.29) is 11.9 Å². The Morgan fingerprint density at radius 1 is 1.23 bits per heavy atom. The first kappa shape index (κ1) is 13.0. The van der Waals surface area contributed by atoms with E-state index in [4.69, 9.17) is 0 Å². The van der Waals surface area contributed by atoms with Crippen molar-refractivity contribution in [2.75, 3.05) is 0 Å². The van der Waals surface area contributed by atoms with Gasteiger partial charge < -0.3 is 5.32 Å². The second-order valence-corrected chi connectivity index (χ2v) is 5.63. The number of nitrogens with zero attached hydrogens (tertiary/aromatic N) is 3. The number of nitrogens with one attached hydrogen (secondary N) is 1. The Hall–Kier alpha value is -2.69. The largest absolute Gasteiger partial charge is 0.345 e. The van der Waals surface area contributed by atoms with Gasteiger partial charge in [0.05, 0.1) is 11.6 Å². The van der Waals surface area contributed by atoms with Gasteiger partial charge >= 0.3 is 0 Å². The predicted octanol–water partition coefficient (Wildman–Crippen LogP) is 2.54. The standard InChI is InChI=1S/C17H16N4O/c22-17(13-8-9-16-20-18-11-21(16)10-13)19-15-7-3-5-12-4-1-2-6-14(12)15/h1-2,4,6,8-11,15H,3,5,7H2,(H,19,22)/t15-/m1/s1. The van der Waals surface area contributed by atoms with E-state index in [0.29, 0.717) is 5.56 Å². The Morgan fingerprint density at radius 3 is 3.09 bits per heavy atom. The first-order chi connectivity index (χ1) is 10.8. The van der Waals surface area contributed by atoms with Crippen LogP contribution in [0.1, 0.15) is 40.4 Å². The summed E-state index contributed by atoms with van der Waals surface area (Å²) in [5, 5.41) is 10.9. The van der Waals surface area contributed by atoms with Crippen LogP contribution in [0.2, 0.25) is 0 Å². The molecule has 5 nitrogen and oxygen atoms in total. The topological polar surface area (TPSA) is 59.3 Å². The van der Waals surface area contributed by atoms with Crippen LogP contribution in [-0.4, -0.2) is 20.5 Å². The highest BCUT2D eigenvalue weighted by atomic mass is 16.1. The van der Waals surface area contributed by atoms with Crippen molar-refractivity contribution in [3.63, 3.8) is 0 Å². The third-order valence-corrected chi connectivity index (χ3v) is 4.23. The van der Waals surface area contributed by atoms with Gasteiger partial charge in [0.2, 0.25) is 0 Å². The minimum Gasteiger partial charge on any atom is -0.345 e. The lowest BCUT2D eigenvalue weighted by atomic mass is 9.87. The van der Waals surface area contributed by atoms with Crippen molar-refractivity contribution in [1.29, 1.82) is 0 Å². The number of benzene rings is 1. The van der Waals surface area contributed by atoms with Crippen LogP contribution in [-0.2, 0) is 6.42 Å². The van der Waals surface area contributed by atoms with Gasteiger partial charge in [-0.1, -0.05) is 24.3 Å². The molecule has 0 radical (unpaired) electrons. The molecule has 2 heterocycles. The van der Waals surface area contributed by atoms with Crippen LogP contribution < -0.4 is 5.32 Å². The first-order valence-corrected chi connectivity index (χ1v) is 7.49. The van der Waals surface area contributed by atoms with Gasteiger partial charge in [0.15, 0.2) is 5.65 Å². The molecule has 1 aromatic carbocycles. The molecule has 0 spiro atoms. The third-order valence-electron chi connectivity index (χ3n) is 4.23. The average Bonchev–Trinajstić information content (AvgIpc) is 3.02. The summed E-state index contributed by atoms with van der Waals surface area (Å²) in [4.78, 5) is 12.5. The lowest BCUT2D eigenvalue weighted by Gasteiger charge is -2.26. The van der Waals surface area contributed by atoms with E-state index >= 15 is 0 Å². The molecule has 0 saturated heterocycles. The van der Waals surface area contributed by atoms with Gasteiger partial charge in [-0.05, 0) is 42.5 Å². The number of aryl methyl sites for hydroxylation is 1. The SMILES string of the molecule is O=C(N[C@@H]1CCCc2ccccc21)c1ccc2nncn2c1. The number of carbonyl (C=O) groups excluding carboxylic acids is 1. The molecule has 1 amide bonds. The van der Waals surface area contributed by atoms with Gasteiger partial charge in [0.1, 0.15) is 6.33 Å². The highest BCUT2D eigenvalue weighted by Gasteiger charge is 2.21. The van der Waals surface area contributed by atoms with Crippen molar-refractivity contribution in [3.8, 4) is 0 Å². The number of hydrogen-bond donors (Lipinski definition) is 1. The van der Waals surface area contributed by atoms with Crippen LogP contribution >= 0.6 is 0 Å². The number of pyridine rings is 1. The quantitative estimate of drug-likeness (QED) is 0.789. The molecule has 110 valence electrons. The zero-order valence-corrected chi connectivity index (χ0v) is 12.1. The molecule has 0 fully saturated rings. The number of hydrogen-bond acceptors (Lipinski definition) is 3. The molecule has 1 aliphatic rings. The van der Waals surface area contributed by atoms with Crippen LogP contribution in [0.5, 0.6) is 0 Å². The van der Waals surface area contributed by atoms with E-state index in [2.05, 4.69) is 33.7 Å². The molecule has 5 heteroatoms. The normalized spacial score (nSPS) is 17.2. The van der Waals surface area contributed by atoms with Gasteiger partial charge in [-0.25, -0.2) is 0 Å². The molecule has 0 saturated carbocycles. The lowest BCUT2D eigenvalue weighted by molar-refractivity contribution is 0.0932. The van der Waals surface area contributed by atoms with Crippen molar-refractivity contribution in [2.24, 2.45) is 0 Å². The Kier molecular flexibility index (Phi) is 3.11. The van der Waals surface area contributed by atoms with E-state index in [1.165, 1.54) is 11.1 Å². The number of carbonyl (C=O) groups is 1. The van der Waals surface area contributed by atoms with Crippen molar-refractivity contribution in [3.05, 3.63) is 65.6 Å². The molecule has 1 aliphatic carbocycles. The molecular formula is C17H16N4O. The summed E-state index contributed by atoms with van der Waals surface area (Å²) in [7, 11) is 0. The van der Waals surface area contributed by atoms with E-state index in [1.54, 1.807) is 29.1 Å². The molecule has 2 aromatic heterocycles. The molecule has 0 aliphatic heterocycles. The predicted molar refractivity (Wildman–Crippen MR) is 82.6 cm³/mol. The first-order valence-electron chi connectivity index (χ1n) is 7.49. The van der Waals surface area contributed by atoms with Crippen molar-refractivity contribution >= 4 is 11.6 Å². The van der Waals surface area contributed by atoms with E-state index in [9.17, 15) is 4.79 Å². The Bertz CT molecular complexity index is 839. The summed E-state index contributed by atoms with van der Waals surface area (Å²) in [5.41, 5.74) is 3.94. The molecule has 3 aromatic rings. The Balaban J connectivity index is 1.59. The van der Waals surface area contributed by atoms with Crippen LogP contribution in [0.3, 0.4) is 0 Å². The fourth-order valence-corrected chi connectivity index (χ4v) is 3.11. The summed E-state index contributed by atoms with van der Waals surface area (Å²) in [5.74, 6) is -0.0581. The average molecular weight is 292 g/mol. The van der Waals surface area contributed by atoms with Crippen molar-refractivity contribution < 1.29 is 4.79 Å². The minimum atomic E-state index is -0.0581. The van der Waals surface area contributed by atoms with Crippen LogP contribution in [0.15, 0.2) is 48.9 Å². The smallest absolute Gasteiger partial charge is 0.253 e. The monoisotopic (exact) mass is 292 g/mol. The van der Waals surface area contributed by atoms with Gasteiger partial charge in [0, 0.05) is 6.20 Å². The molecular weight excluding hydrogens is 276 g/mol. The second kappa shape index (κ2) is 5.26. The molecule has 4 rings (SSSR count). The zero-order chi connectivity index (χ0) is 14.9. The third kappa shape index (κ3) is 2.24. The van der Waals surface area contributed by atoms with Gasteiger partial charge in [-0.3, -0.25) is 9.20 Å². The number of amides is 1. The summed E-state index contributed by atoms with van der Waals surface area (Å²) in [6, 6.07) is 12.0. The van der Waals surface area contributed by atoms with Gasteiger partial charge in [-0.2, -0.15) is 0 Å². The summed E-state index contributed by atoms with van der Waals surface area (Å²) in [6.07, 6.45) is 6.54. The van der Waals surface area contributed by atoms with Gasteiger partial charge in [-0.15, -0.1) is 10.2 Å². The van der Waals surface area contributed by atoms with Crippen LogP contribution in [0.25, 0.3) is 5.65 Å². The van der Waals surface area contributed by atoms with E-state index in [0.717, 1.165) is 24.9 Å². The van der Waals surface area contributed by atoms with E-state index in [1.807, 2.05) is 6.07 Å². The number of rotatable bonds is 2. The van der Waals surface area contributed by atoms with E-state index < -0.39 is 0 Å². The molecule has 1 N–H and O–H groups in total. The maximum Gasteiger partial charge on any atom is 0.253 e. The Morgan fingerprint density at radius 2 is 2.14 bits per heavy atom. The van der Waals surface area contributed by atoms with Crippen LogP contribution in [0.4, 0.5) is 0 Å². The highest BCUT2D eigenvalue weighted by Crippen LogP contribution is 2.29. The van der Waals surface area contributed by atoms with Crippen LogP contribution in [0, 0.1) is 0 Å². The second-order valence-electron chi connectivity index (χ2n) is 5.63. The maximum absolute atomic E-state index is 12.5. The Labute approximate surface area is 128 Å². The summed E-state index contributed by atoms with van der Waals surface area (Å²) in [6.45, 7) is 0. The highest BCUT2D eigenvalue weighted by molar-refractivity contribution is 5.94. The maximum atomic E-state index is 12.5. The minimum absolute atomic E-state index is 0.0581. The zero-order valence-electron chi connectivity index (χ0n) is 12.1. The molecule has 1 atom stereocenters. The summed E-state index contributed by atoms with van der Waals surface area (Å²) < 4.78 is 1.75. The summed E-state index contributed by atoms with van der Waals surface area (Å²) >= 11 is 0. The number of fused-ring (bicyclic) bond motifs is 2. The lowest BCUT2D eigenvalue weighted by Crippen LogP contribution is -2.31.